The lowest BCUT2D eigenvalue weighted by Gasteiger charge is -2.19. The summed E-state index contributed by atoms with van der Waals surface area (Å²) in [5.41, 5.74) is 1.34. The molecule has 0 amide bonds. The number of anilines is 2. The molecule has 2 N–H and O–H groups in total. The maximum absolute atomic E-state index is 11.9. The Kier molecular flexibility index (Phi) is 4.17. The van der Waals surface area contributed by atoms with Gasteiger partial charge >= 0.3 is 5.97 Å². The van der Waals surface area contributed by atoms with Crippen molar-refractivity contribution in [3.8, 4) is 0 Å². The molecule has 0 spiro atoms. The van der Waals surface area contributed by atoms with Gasteiger partial charge in [0.25, 0.3) is 0 Å². The first-order chi connectivity index (χ1) is 9.40. The Morgan fingerprint density at radius 2 is 2.00 bits per heavy atom. The molecular weight excluding hydrogens is 280 g/mol. The molecule has 1 aromatic rings. The predicted octanol–water partition coefficient (Wildman–Crippen LogP) is 1.50. The highest BCUT2D eigenvalue weighted by molar-refractivity contribution is 7.94. The van der Waals surface area contributed by atoms with Crippen LogP contribution >= 0.6 is 0 Å². The number of nitrogens with one attached hydrogen (secondary N) is 1. The second-order valence-corrected chi connectivity index (χ2v) is 6.87. The fourth-order valence-electron chi connectivity index (χ4n) is 2.13. The Labute approximate surface area is 118 Å². The molecule has 0 aromatic heterocycles. The Morgan fingerprint density at radius 3 is 2.60 bits per heavy atom. The fourth-order valence-corrected chi connectivity index (χ4v) is 3.02. The highest BCUT2D eigenvalue weighted by Gasteiger charge is 2.27. The fraction of sp³-hybridized carbons (Fsp3) is 0.462. The summed E-state index contributed by atoms with van der Waals surface area (Å²) >= 11 is 0. The van der Waals surface area contributed by atoms with Crippen LogP contribution in [-0.4, -0.2) is 37.8 Å². The van der Waals surface area contributed by atoms with E-state index in [0.717, 1.165) is 38.5 Å². The quantitative estimate of drug-likeness (QED) is 0.860. The summed E-state index contributed by atoms with van der Waals surface area (Å²) in [6, 6.07) is 7.03. The number of hydrogen-bond donors (Lipinski definition) is 2. The van der Waals surface area contributed by atoms with Crippen molar-refractivity contribution in [2.45, 2.75) is 25.0 Å². The Bertz CT molecular complexity index is 594. The summed E-state index contributed by atoms with van der Waals surface area (Å²) in [4.78, 5) is 13.0. The molecule has 0 aliphatic carbocycles. The van der Waals surface area contributed by atoms with Gasteiger partial charge in [0, 0.05) is 18.8 Å². The van der Waals surface area contributed by atoms with E-state index in [1.165, 1.54) is 0 Å². The molecule has 1 atom stereocenters. The highest BCUT2D eigenvalue weighted by Crippen LogP contribution is 2.24. The van der Waals surface area contributed by atoms with Crippen molar-refractivity contribution in [1.29, 1.82) is 0 Å². The van der Waals surface area contributed by atoms with Gasteiger partial charge in [-0.15, -0.1) is 0 Å². The molecule has 0 saturated carbocycles. The van der Waals surface area contributed by atoms with Gasteiger partial charge in [-0.1, -0.05) is 6.07 Å². The van der Waals surface area contributed by atoms with Crippen LogP contribution in [0.2, 0.25) is 0 Å². The summed E-state index contributed by atoms with van der Waals surface area (Å²) in [5.74, 6) is -1.37. The lowest BCUT2D eigenvalue weighted by molar-refractivity contribution is -0.136. The normalized spacial score (nSPS) is 16.9. The Balaban J connectivity index is 2.17. The first-order valence-corrected chi connectivity index (χ1v) is 8.04. The van der Waals surface area contributed by atoms with Gasteiger partial charge in [-0.05, 0) is 38.0 Å². The van der Waals surface area contributed by atoms with Gasteiger partial charge in [-0.3, -0.25) is 9.52 Å². The summed E-state index contributed by atoms with van der Waals surface area (Å²) in [6.45, 7) is 3.07. The zero-order valence-electron chi connectivity index (χ0n) is 11.2. The molecule has 1 unspecified atom stereocenters. The first-order valence-electron chi connectivity index (χ1n) is 6.49. The van der Waals surface area contributed by atoms with E-state index in [1.807, 2.05) is 6.07 Å². The van der Waals surface area contributed by atoms with Gasteiger partial charge in [-0.25, -0.2) is 8.42 Å². The topological polar surface area (TPSA) is 86.7 Å². The summed E-state index contributed by atoms with van der Waals surface area (Å²) in [6.07, 6.45) is 2.26. The maximum atomic E-state index is 11.9. The van der Waals surface area contributed by atoms with E-state index in [2.05, 4.69) is 9.62 Å². The van der Waals surface area contributed by atoms with Crippen LogP contribution in [0, 0.1) is 0 Å². The zero-order valence-corrected chi connectivity index (χ0v) is 12.1. The third kappa shape index (κ3) is 3.22. The Hall–Kier alpha value is -1.76. The number of rotatable bonds is 5. The smallest absolute Gasteiger partial charge is 0.323 e. The first kappa shape index (κ1) is 14.6. The van der Waals surface area contributed by atoms with Gasteiger partial charge in [0.1, 0.15) is 0 Å². The minimum atomic E-state index is -3.92. The van der Waals surface area contributed by atoms with Crippen LogP contribution in [0.4, 0.5) is 11.4 Å². The minimum absolute atomic E-state index is 0.391. The predicted molar refractivity (Wildman–Crippen MR) is 77.5 cm³/mol. The van der Waals surface area contributed by atoms with Crippen LogP contribution in [0.15, 0.2) is 24.3 Å². The molecule has 0 bridgehead atoms. The van der Waals surface area contributed by atoms with Crippen LogP contribution in [-0.2, 0) is 14.8 Å². The van der Waals surface area contributed by atoms with E-state index >= 15 is 0 Å². The van der Waals surface area contributed by atoms with Gasteiger partial charge in [0.15, 0.2) is 5.25 Å². The van der Waals surface area contributed by atoms with Crippen LogP contribution in [0.1, 0.15) is 19.8 Å². The lowest BCUT2D eigenvalue weighted by atomic mass is 10.2. The molecular formula is C13H18N2O4S. The molecule has 6 nitrogen and oxygen atoms in total. The average Bonchev–Trinajstić information content (AvgIpc) is 2.91. The van der Waals surface area contributed by atoms with Gasteiger partial charge in [-0.2, -0.15) is 0 Å². The van der Waals surface area contributed by atoms with Crippen LogP contribution < -0.4 is 9.62 Å². The largest absolute Gasteiger partial charge is 0.480 e. The monoisotopic (exact) mass is 298 g/mol. The van der Waals surface area contributed by atoms with Crippen molar-refractivity contribution in [1.82, 2.24) is 0 Å². The standard InChI is InChI=1S/C13H18N2O4S/c1-10(13(16)17)20(18,19)14-11-5-4-6-12(9-11)15-7-2-3-8-15/h4-6,9-10,14H,2-3,7-8H2,1H3,(H,16,17). The van der Waals surface area contributed by atoms with Crippen molar-refractivity contribution < 1.29 is 18.3 Å². The Morgan fingerprint density at radius 1 is 1.35 bits per heavy atom. The second kappa shape index (κ2) is 5.70. The van der Waals surface area contributed by atoms with Crippen LogP contribution in [0.5, 0.6) is 0 Å². The molecule has 1 aromatic carbocycles. The molecule has 20 heavy (non-hydrogen) atoms. The van der Waals surface area contributed by atoms with E-state index < -0.39 is 21.2 Å². The minimum Gasteiger partial charge on any atom is -0.480 e. The third-order valence-corrected chi connectivity index (χ3v) is 5.04. The lowest BCUT2D eigenvalue weighted by Crippen LogP contribution is -2.32. The number of nitrogens with zero attached hydrogens (tertiary/aromatic N) is 1. The zero-order chi connectivity index (χ0) is 14.8. The highest BCUT2D eigenvalue weighted by atomic mass is 32.2. The van der Waals surface area contributed by atoms with E-state index in [9.17, 15) is 13.2 Å². The summed E-state index contributed by atoms with van der Waals surface area (Å²) in [5, 5.41) is 7.31. The number of carboxylic acids is 1. The number of hydrogen-bond acceptors (Lipinski definition) is 4. The molecule has 1 fully saturated rings. The molecule has 2 rings (SSSR count). The van der Waals surface area contributed by atoms with Gasteiger partial charge in [0.2, 0.25) is 10.0 Å². The number of carboxylic acid groups (broad SMARTS) is 1. The van der Waals surface area contributed by atoms with E-state index in [1.54, 1.807) is 18.2 Å². The molecule has 1 aliphatic rings. The van der Waals surface area contributed by atoms with Gasteiger partial charge < -0.3 is 10.0 Å². The number of aliphatic carboxylic acids is 1. The van der Waals surface area contributed by atoms with Crippen LogP contribution in [0.25, 0.3) is 0 Å². The number of sulfonamides is 1. The van der Waals surface area contributed by atoms with Crippen molar-refractivity contribution in [2.75, 3.05) is 22.7 Å². The molecule has 0 radical (unpaired) electrons. The molecule has 1 saturated heterocycles. The summed E-state index contributed by atoms with van der Waals surface area (Å²) < 4.78 is 26.1. The van der Waals surface area contributed by atoms with Crippen molar-refractivity contribution in [3.63, 3.8) is 0 Å². The molecule has 110 valence electrons. The number of carbonyl (C=O) groups is 1. The maximum Gasteiger partial charge on any atom is 0.323 e. The SMILES string of the molecule is CC(C(=O)O)S(=O)(=O)Nc1cccc(N2CCCC2)c1. The molecule has 7 heteroatoms. The van der Waals surface area contributed by atoms with E-state index in [0.29, 0.717) is 5.69 Å². The average molecular weight is 298 g/mol. The molecule has 1 heterocycles. The van der Waals surface area contributed by atoms with E-state index in [-0.39, 0.29) is 0 Å². The van der Waals surface area contributed by atoms with Gasteiger partial charge in [0.05, 0.1) is 5.69 Å². The van der Waals surface area contributed by atoms with E-state index in [4.69, 9.17) is 5.11 Å². The van der Waals surface area contributed by atoms with Crippen LogP contribution in [0.3, 0.4) is 0 Å². The molecule has 1 aliphatic heterocycles. The van der Waals surface area contributed by atoms with Crippen molar-refractivity contribution in [2.24, 2.45) is 0 Å². The second-order valence-electron chi connectivity index (χ2n) is 4.87. The van der Waals surface area contributed by atoms with Crippen molar-refractivity contribution >= 4 is 27.4 Å². The van der Waals surface area contributed by atoms with Crippen molar-refractivity contribution in [3.05, 3.63) is 24.3 Å². The number of benzene rings is 1. The third-order valence-electron chi connectivity index (χ3n) is 3.39. The summed E-state index contributed by atoms with van der Waals surface area (Å²) in [7, 11) is -3.92.